The molecule has 0 aromatic heterocycles. The highest BCUT2D eigenvalue weighted by Crippen LogP contribution is 2.37. The summed E-state index contributed by atoms with van der Waals surface area (Å²) in [5, 5.41) is 10.1. The zero-order chi connectivity index (χ0) is 11.5. The third-order valence-electron chi connectivity index (χ3n) is 3.29. The summed E-state index contributed by atoms with van der Waals surface area (Å²) in [7, 11) is 1.66. The molecule has 0 radical (unpaired) electrons. The number of aliphatic hydroxyl groups is 1. The maximum atomic E-state index is 10.1. The van der Waals surface area contributed by atoms with Crippen LogP contribution in [0.1, 0.15) is 42.9 Å². The molecule has 1 fully saturated rings. The van der Waals surface area contributed by atoms with Crippen LogP contribution >= 0.6 is 0 Å². The van der Waals surface area contributed by atoms with Gasteiger partial charge in [-0.3, -0.25) is 0 Å². The van der Waals surface area contributed by atoms with E-state index in [0.717, 1.165) is 35.6 Å². The van der Waals surface area contributed by atoms with Crippen LogP contribution in [0.2, 0.25) is 0 Å². The van der Waals surface area contributed by atoms with Crippen molar-refractivity contribution in [3.05, 3.63) is 29.3 Å². The highest BCUT2D eigenvalue weighted by atomic mass is 16.5. The fourth-order valence-corrected chi connectivity index (χ4v) is 2.05. The Balaban J connectivity index is 2.04. The van der Waals surface area contributed by atoms with Crippen molar-refractivity contribution in [1.29, 1.82) is 0 Å². The Kier molecular flexibility index (Phi) is 3.49. The van der Waals surface area contributed by atoms with E-state index in [1.54, 1.807) is 7.11 Å². The molecule has 1 N–H and O–H groups in total. The van der Waals surface area contributed by atoms with E-state index in [4.69, 9.17) is 4.74 Å². The lowest BCUT2D eigenvalue weighted by atomic mass is 10.0. The first kappa shape index (κ1) is 11.5. The lowest BCUT2D eigenvalue weighted by Crippen LogP contribution is -2.01. The molecule has 1 aromatic rings. The molecule has 0 saturated heterocycles. The Morgan fingerprint density at radius 3 is 2.81 bits per heavy atom. The third-order valence-corrected chi connectivity index (χ3v) is 3.29. The molecular weight excluding hydrogens is 200 g/mol. The Morgan fingerprint density at radius 1 is 1.44 bits per heavy atom. The van der Waals surface area contributed by atoms with Gasteiger partial charge >= 0.3 is 0 Å². The van der Waals surface area contributed by atoms with E-state index in [0.29, 0.717) is 0 Å². The molecule has 1 atom stereocenters. The van der Waals surface area contributed by atoms with Gasteiger partial charge in [0, 0.05) is 5.56 Å². The molecule has 88 valence electrons. The SMILES string of the molecule is COc1cc(C)ccc1C(O)CCC1CC1. The summed E-state index contributed by atoms with van der Waals surface area (Å²) in [5.74, 6) is 1.68. The van der Waals surface area contributed by atoms with Gasteiger partial charge in [-0.25, -0.2) is 0 Å². The molecule has 0 heterocycles. The predicted octanol–water partition coefficient (Wildman–Crippen LogP) is 3.23. The van der Waals surface area contributed by atoms with Gasteiger partial charge < -0.3 is 9.84 Å². The molecule has 1 aliphatic carbocycles. The molecule has 2 rings (SSSR count). The van der Waals surface area contributed by atoms with E-state index in [2.05, 4.69) is 0 Å². The minimum atomic E-state index is -0.379. The number of methoxy groups -OCH3 is 1. The van der Waals surface area contributed by atoms with Crippen molar-refractivity contribution in [2.75, 3.05) is 7.11 Å². The van der Waals surface area contributed by atoms with Gasteiger partial charge in [0.2, 0.25) is 0 Å². The summed E-state index contributed by atoms with van der Waals surface area (Å²) < 4.78 is 5.31. The highest BCUT2D eigenvalue weighted by Gasteiger charge is 2.23. The molecular formula is C14H20O2. The van der Waals surface area contributed by atoms with Gasteiger partial charge in [-0.2, -0.15) is 0 Å². The van der Waals surface area contributed by atoms with Gasteiger partial charge in [-0.1, -0.05) is 25.0 Å². The van der Waals surface area contributed by atoms with Crippen LogP contribution in [-0.4, -0.2) is 12.2 Å². The maximum absolute atomic E-state index is 10.1. The third kappa shape index (κ3) is 2.76. The monoisotopic (exact) mass is 220 g/mol. The highest BCUT2D eigenvalue weighted by molar-refractivity contribution is 5.38. The molecule has 1 unspecified atom stereocenters. The van der Waals surface area contributed by atoms with Gasteiger partial charge in [0.1, 0.15) is 5.75 Å². The molecule has 2 nitrogen and oxygen atoms in total. The minimum Gasteiger partial charge on any atom is -0.496 e. The van der Waals surface area contributed by atoms with Crippen LogP contribution in [-0.2, 0) is 0 Å². The van der Waals surface area contributed by atoms with Crippen molar-refractivity contribution in [2.24, 2.45) is 5.92 Å². The smallest absolute Gasteiger partial charge is 0.124 e. The molecule has 2 heteroatoms. The van der Waals surface area contributed by atoms with Crippen molar-refractivity contribution in [2.45, 2.75) is 38.7 Å². The van der Waals surface area contributed by atoms with E-state index in [-0.39, 0.29) is 6.10 Å². The predicted molar refractivity (Wildman–Crippen MR) is 64.6 cm³/mol. The normalized spacial score (nSPS) is 17.2. The maximum Gasteiger partial charge on any atom is 0.124 e. The number of rotatable bonds is 5. The van der Waals surface area contributed by atoms with Crippen LogP contribution in [0.4, 0.5) is 0 Å². The summed E-state index contributed by atoms with van der Waals surface area (Å²) in [4.78, 5) is 0. The topological polar surface area (TPSA) is 29.5 Å². The first-order chi connectivity index (χ1) is 7.70. The average Bonchev–Trinajstić information content (AvgIpc) is 3.09. The number of aryl methyl sites for hydroxylation is 1. The largest absolute Gasteiger partial charge is 0.496 e. The van der Waals surface area contributed by atoms with Crippen LogP contribution in [0.3, 0.4) is 0 Å². The molecule has 1 aliphatic rings. The van der Waals surface area contributed by atoms with E-state index in [9.17, 15) is 5.11 Å². The van der Waals surface area contributed by atoms with Crippen LogP contribution in [0, 0.1) is 12.8 Å². The number of aliphatic hydroxyl groups excluding tert-OH is 1. The zero-order valence-corrected chi connectivity index (χ0v) is 10.1. The van der Waals surface area contributed by atoms with Crippen molar-refractivity contribution >= 4 is 0 Å². The van der Waals surface area contributed by atoms with E-state index in [1.807, 2.05) is 25.1 Å². The average molecular weight is 220 g/mol. The Hall–Kier alpha value is -1.02. The molecule has 16 heavy (non-hydrogen) atoms. The Bertz CT molecular complexity index is 356. The van der Waals surface area contributed by atoms with Crippen LogP contribution < -0.4 is 4.74 Å². The van der Waals surface area contributed by atoms with E-state index < -0.39 is 0 Å². The Morgan fingerprint density at radius 2 is 2.19 bits per heavy atom. The van der Waals surface area contributed by atoms with Gasteiger partial charge in [-0.05, 0) is 37.3 Å². The van der Waals surface area contributed by atoms with Crippen molar-refractivity contribution in [3.63, 3.8) is 0 Å². The lowest BCUT2D eigenvalue weighted by Gasteiger charge is -2.15. The second-order valence-corrected chi connectivity index (χ2v) is 4.78. The van der Waals surface area contributed by atoms with Gasteiger partial charge in [0.25, 0.3) is 0 Å². The summed E-state index contributed by atoms with van der Waals surface area (Å²) in [6.45, 7) is 2.03. The second-order valence-electron chi connectivity index (χ2n) is 4.78. The molecule has 0 bridgehead atoms. The van der Waals surface area contributed by atoms with Gasteiger partial charge in [0.05, 0.1) is 13.2 Å². The minimum absolute atomic E-state index is 0.379. The molecule has 1 saturated carbocycles. The second kappa shape index (κ2) is 4.88. The molecule has 0 amide bonds. The fourth-order valence-electron chi connectivity index (χ4n) is 2.05. The van der Waals surface area contributed by atoms with Crippen LogP contribution in [0.15, 0.2) is 18.2 Å². The lowest BCUT2D eigenvalue weighted by molar-refractivity contribution is 0.158. The number of hydrogen-bond acceptors (Lipinski definition) is 2. The zero-order valence-electron chi connectivity index (χ0n) is 10.1. The fraction of sp³-hybridized carbons (Fsp3) is 0.571. The molecule has 0 spiro atoms. The van der Waals surface area contributed by atoms with Crippen LogP contribution in [0.5, 0.6) is 5.75 Å². The van der Waals surface area contributed by atoms with Crippen molar-refractivity contribution in [3.8, 4) is 5.75 Å². The standard InChI is InChI=1S/C14H20O2/c1-10-3-7-12(14(9-10)16-2)13(15)8-6-11-4-5-11/h3,7,9,11,13,15H,4-6,8H2,1-2H3. The number of ether oxygens (including phenoxy) is 1. The summed E-state index contributed by atoms with van der Waals surface area (Å²) in [5.41, 5.74) is 2.09. The van der Waals surface area contributed by atoms with Gasteiger partial charge in [-0.15, -0.1) is 0 Å². The summed E-state index contributed by atoms with van der Waals surface area (Å²) in [6.07, 6.45) is 4.30. The van der Waals surface area contributed by atoms with E-state index >= 15 is 0 Å². The van der Waals surface area contributed by atoms with E-state index in [1.165, 1.54) is 12.8 Å². The van der Waals surface area contributed by atoms with Crippen LogP contribution in [0.25, 0.3) is 0 Å². The molecule has 1 aromatic carbocycles. The quantitative estimate of drug-likeness (QED) is 0.825. The summed E-state index contributed by atoms with van der Waals surface area (Å²) >= 11 is 0. The van der Waals surface area contributed by atoms with Gasteiger partial charge in [0.15, 0.2) is 0 Å². The van der Waals surface area contributed by atoms with Crippen molar-refractivity contribution < 1.29 is 9.84 Å². The molecule has 0 aliphatic heterocycles. The van der Waals surface area contributed by atoms with Crippen molar-refractivity contribution in [1.82, 2.24) is 0 Å². The number of hydrogen-bond donors (Lipinski definition) is 1. The Labute approximate surface area is 97.3 Å². The first-order valence-corrected chi connectivity index (χ1v) is 6.03. The first-order valence-electron chi connectivity index (χ1n) is 6.03. The number of benzene rings is 1. The summed E-state index contributed by atoms with van der Waals surface area (Å²) in [6, 6.07) is 5.99.